The van der Waals surface area contributed by atoms with Crippen LogP contribution in [0.5, 0.6) is 5.75 Å². The molecule has 0 saturated heterocycles. The zero-order valence-corrected chi connectivity index (χ0v) is 20.1. The van der Waals surface area contributed by atoms with Crippen LogP contribution in [0.2, 0.25) is 0 Å². The van der Waals surface area contributed by atoms with E-state index in [4.69, 9.17) is 8.37 Å². The Labute approximate surface area is 199 Å². The van der Waals surface area contributed by atoms with E-state index in [0.29, 0.717) is 20.4 Å². The molecule has 0 fully saturated rings. The van der Waals surface area contributed by atoms with Crippen molar-refractivity contribution >= 4 is 20.4 Å². The third kappa shape index (κ3) is 4.70. The molecule has 8 heteroatoms. The first-order valence-electron chi connectivity index (χ1n) is 10.3. The summed E-state index contributed by atoms with van der Waals surface area (Å²) in [7, 11) is -5.76. The van der Waals surface area contributed by atoms with Gasteiger partial charge in [0.1, 0.15) is 17.4 Å². The van der Waals surface area contributed by atoms with Crippen LogP contribution in [0.1, 0.15) is 5.56 Å². The summed E-state index contributed by atoms with van der Waals surface area (Å²) < 4.78 is 66.2. The van der Waals surface area contributed by atoms with Gasteiger partial charge in [0.15, 0.2) is 0 Å². The van der Waals surface area contributed by atoms with Crippen LogP contribution in [-0.4, -0.2) is 15.5 Å². The summed E-state index contributed by atoms with van der Waals surface area (Å²) in [4.78, 5) is 1.36. The fourth-order valence-corrected chi connectivity index (χ4v) is 8.60. The maximum absolute atomic E-state index is 13.9. The minimum atomic E-state index is -4.30. The summed E-state index contributed by atoms with van der Waals surface area (Å²) in [6.07, 6.45) is 0. The quantitative estimate of drug-likeness (QED) is 0.277. The molecule has 4 aromatic rings. The van der Waals surface area contributed by atoms with Gasteiger partial charge in [-0.25, -0.2) is 12.4 Å². The van der Waals surface area contributed by atoms with Gasteiger partial charge < -0.3 is 4.74 Å². The second-order valence-electron chi connectivity index (χ2n) is 7.47. The minimum Gasteiger partial charge on any atom is -0.497 e. The number of benzene rings is 4. The molecule has 0 atom stereocenters. The van der Waals surface area contributed by atoms with E-state index in [-0.39, 0.29) is 4.90 Å². The molecule has 0 aliphatic heterocycles. The van der Waals surface area contributed by atoms with Crippen molar-refractivity contribution in [2.24, 2.45) is 0 Å². The van der Waals surface area contributed by atoms with E-state index in [0.717, 1.165) is 5.56 Å². The van der Waals surface area contributed by atoms with Gasteiger partial charge in [-0.2, -0.15) is 8.42 Å². The van der Waals surface area contributed by atoms with Crippen molar-refractivity contribution in [3.05, 3.63) is 114 Å². The molecule has 0 radical (unpaired) electrons. The maximum atomic E-state index is 13.9. The molecule has 4 rings (SSSR count). The summed E-state index contributed by atoms with van der Waals surface area (Å²) in [5.41, 5.74) is 0.893. The van der Waals surface area contributed by atoms with Gasteiger partial charge in [0.05, 0.1) is 12.0 Å². The van der Waals surface area contributed by atoms with Crippen LogP contribution in [0.3, 0.4) is 0 Å². The van der Waals surface area contributed by atoms with Gasteiger partial charge in [-0.15, -0.1) is 0 Å². The van der Waals surface area contributed by atoms with E-state index in [2.05, 4.69) is 0 Å². The zero-order chi connectivity index (χ0) is 24.3. The lowest BCUT2D eigenvalue weighted by atomic mass is 10.2. The standard InChI is InChI=1S/C26H22F2O4S2/c1-19-3-11-26(12-4-19)34(29,30)32-33(23-13-5-20(27)6-14-23,24-15-7-21(28)8-16-24)25-17-9-22(31-2)10-18-25/h3-18H,1-2H3. The highest BCUT2D eigenvalue weighted by molar-refractivity contribution is 8.33. The summed E-state index contributed by atoms with van der Waals surface area (Å²) in [6.45, 7) is 1.85. The number of methoxy groups -OCH3 is 1. The third-order valence-electron chi connectivity index (χ3n) is 5.18. The van der Waals surface area contributed by atoms with E-state index in [1.807, 2.05) is 6.92 Å². The van der Waals surface area contributed by atoms with Crippen LogP contribution in [-0.2, 0) is 13.7 Å². The highest BCUT2D eigenvalue weighted by atomic mass is 32.3. The molecule has 0 bridgehead atoms. The molecule has 0 unspecified atom stereocenters. The summed E-state index contributed by atoms with van der Waals surface area (Å²) in [5, 5.41) is 0. The average Bonchev–Trinajstić information content (AvgIpc) is 2.84. The van der Waals surface area contributed by atoms with E-state index >= 15 is 0 Å². The lowest BCUT2D eigenvalue weighted by Crippen LogP contribution is -2.14. The first-order valence-corrected chi connectivity index (χ1v) is 13.2. The lowest BCUT2D eigenvalue weighted by Gasteiger charge is -2.39. The highest BCUT2D eigenvalue weighted by Gasteiger charge is 2.38. The van der Waals surface area contributed by atoms with Gasteiger partial charge in [0.25, 0.3) is 0 Å². The van der Waals surface area contributed by atoms with Crippen LogP contribution >= 0.6 is 10.3 Å². The van der Waals surface area contributed by atoms with Gasteiger partial charge in [0.2, 0.25) is 0 Å². The molecule has 0 aliphatic carbocycles. The molecule has 0 spiro atoms. The van der Waals surface area contributed by atoms with Crippen molar-refractivity contribution in [3.63, 3.8) is 0 Å². The summed E-state index contributed by atoms with van der Waals surface area (Å²) >= 11 is 0. The molecule has 34 heavy (non-hydrogen) atoms. The first kappa shape index (κ1) is 23.9. The Morgan fingerprint density at radius 3 is 1.38 bits per heavy atom. The van der Waals surface area contributed by atoms with Crippen molar-refractivity contribution in [2.75, 3.05) is 7.11 Å². The largest absolute Gasteiger partial charge is 0.497 e. The molecule has 0 aliphatic rings. The number of halogens is 2. The fourth-order valence-electron chi connectivity index (χ4n) is 3.42. The van der Waals surface area contributed by atoms with E-state index in [9.17, 15) is 17.2 Å². The van der Waals surface area contributed by atoms with Crippen LogP contribution in [0.15, 0.2) is 117 Å². The predicted molar refractivity (Wildman–Crippen MR) is 128 cm³/mol. The Balaban J connectivity index is 2.01. The number of aryl methyl sites for hydroxylation is 1. The summed E-state index contributed by atoms with van der Waals surface area (Å²) in [6, 6.07) is 24.0. The van der Waals surface area contributed by atoms with Crippen molar-refractivity contribution < 1.29 is 25.6 Å². The summed E-state index contributed by atoms with van der Waals surface area (Å²) in [5.74, 6) is -0.392. The van der Waals surface area contributed by atoms with Gasteiger partial charge >= 0.3 is 10.1 Å². The van der Waals surface area contributed by atoms with E-state index in [1.54, 1.807) is 36.4 Å². The van der Waals surface area contributed by atoms with E-state index < -0.39 is 32.1 Å². The Bertz CT molecular complexity index is 1320. The van der Waals surface area contributed by atoms with Crippen LogP contribution in [0.25, 0.3) is 0 Å². The minimum absolute atomic E-state index is 0.0206. The highest BCUT2D eigenvalue weighted by Crippen LogP contribution is 2.70. The van der Waals surface area contributed by atoms with Crippen molar-refractivity contribution in [2.45, 2.75) is 26.5 Å². The molecule has 4 nitrogen and oxygen atoms in total. The topological polar surface area (TPSA) is 52.6 Å². The van der Waals surface area contributed by atoms with Crippen LogP contribution < -0.4 is 4.74 Å². The average molecular weight is 501 g/mol. The van der Waals surface area contributed by atoms with Crippen molar-refractivity contribution in [1.29, 1.82) is 0 Å². The SMILES string of the molecule is COc1ccc(S(OS(=O)(=O)c2ccc(C)cc2)(c2ccc(F)cc2)c2ccc(F)cc2)cc1. The molecule has 0 saturated carbocycles. The molecular weight excluding hydrogens is 478 g/mol. The monoisotopic (exact) mass is 500 g/mol. The Morgan fingerprint density at radius 2 is 0.971 bits per heavy atom. The molecule has 0 aromatic heterocycles. The van der Waals surface area contributed by atoms with E-state index in [1.165, 1.54) is 67.8 Å². The number of ether oxygens (including phenoxy) is 1. The normalized spacial score (nSPS) is 12.4. The molecular formula is C26H22F2O4S2. The Kier molecular flexibility index (Phi) is 6.74. The van der Waals surface area contributed by atoms with Crippen molar-refractivity contribution in [3.8, 4) is 5.75 Å². The van der Waals surface area contributed by atoms with Crippen LogP contribution in [0, 0.1) is 18.6 Å². The van der Waals surface area contributed by atoms with Gasteiger partial charge in [-0.3, -0.25) is 0 Å². The smallest absolute Gasteiger partial charge is 0.307 e. The fraction of sp³-hybridized carbons (Fsp3) is 0.0769. The van der Waals surface area contributed by atoms with Crippen molar-refractivity contribution in [1.82, 2.24) is 0 Å². The molecule has 0 N–H and O–H groups in total. The molecule has 0 amide bonds. The van der Waals surface area contributed by atoms with Gasteiger partial charge in [-0.1, -0.05) is 17.7 Å². The maximum Gasteiger partial charge on any atom is 0.307 e. The number of hydrogen-bond acceptors (Lipinski definition) is 4. The Morgan fingerprint density at radius 1 is 0.588 bits per heavy atom. The third-order valence-corrected chi connectivity index (χ3v) is 10.4. The Hall–Kier alpha value is -3.20. The molecule has 0 heterocycles. The van der Waals surface area contributed by atoms with Crippen LogP contribution in [0.4, 0.5) is 8.78 Å². The second-order valence-corrected chi connectivity index (χ2v) is 11.9. The predicted octanol–water partition coefficient (Wildman–Crippen LogP) is 6.88. The number of rotatable bonds is 7. The van der Waals surface area contributed by atoms with Gasteiger partial charge in [-0.05, 0) is 102 Å². The molecule has 176 valence electrons. The second kappa shape index (κ2) is 9.58. The first-order chi connectivity index (χ1) is 16.2. The lowest BCUT2D eigenvalue weighted by molar-refractivity contribution is 0.414. The number of hydrogen-bond donors (Lipinski definition) is 0. The van der Waals surface area contributed by atoms with Gasteiger partial charge in [0, 0.05) is 14.7 Å². The molecule has 4 aromatic carbocycles. The zero-order valence-electron chi connectivity index (χ0n) is 18.4.